The van der Waals surface area contributed by atoms with Crippen molar-refractivity contribution in [2.24, 2.45) is 11.1 Å². The predicted octanol–water partition coefficient (Wildman–Crippen LogP) is 3.78. The maximum Gasteiger partial charge on any atom is 0.343 e. The van der Waals surface area contributed by atoms with Gasteiger partial charge in [0.2, 0.25) is 0 Å². The highest BCUT2D eigenvalue weighted by atomic mass is 16.5. The number of benzene rings is 2. The number of carbonyl (C=O) groups is 1. The largest absolute Gasteiger partial charge is 0.423 e. The molecule has 0 spiro atoms. The lowest BCUT2D eigenvalue weighted by molar-refractivity contribution is 0.0732. The fourth-order valence-electron chi connectivity index (χ4n) is 2.29. The second-order valence-electron chi connectivity index (χ2n) is 6.73. The minimum Gasteiger partial charge on any atom is -0.423 e. The van der Waals surface area contributed by atoms with E-state index in [4.69, 9.17) is 15.9 Å². The van der Waals surface area contributed by atoms with E-state index in [0.717, 1.165) is 5.56 Å². The monoisotopic (exact) mass is 310 g/mol. The van der Waals surface area contributed by atoms with Crippen molar-refractivity contribution in [3.63, 3.8) is 0 Å². The zero-order valence-electron chi connectivity index (χ0n) is 13.7. The fourth-order valence-corrected chi connectivity index (χ4v) is 2.29. The summed E-state index contributed by atoms with van der Waals surface area (Å²) in [5.41, 5.74) is 7.58. The molecule has 0 radical (unpaired) electrons. The number of nitrogens with two attached hydrogens (primary N) is 1. The molecule has 0 aliphatic heterocycles. The summed E-state index contributed by atoms with van der Waals surface area (Å²) in [7, 11) is 0. The van der Waals surface area contributed by atoms with Crippen molar-refractivity contribution >= 4 is 11.8 Å². The van der Waals surface area contributed by atoms with Gasteiger partial charge in [0.25, 0.3) is 0 Å². The molecule has 120 valence electrons. The molecule has 0 fully saturated rings. The predicted molar refractivity (Wildman–Crippen MR) is 92.0 cm³/mol. The van der Waals surface area contributed by atoms with Crippen LogP contribution in [-0.4, -0.2) is 11.8 Å². The summed E-state index contributed by atoms with van der Waals surface area (Å²) in [6.07, 6.45) is 0.714. The van der Waals surface area contributed by atoms with E-state index in [-0.39, 0.29) is 11.3 Å². The van der Waals surface area contributed by atoms with E-state index in [2.05, 4.69) is 20.8 Å². The van der Waals surface area contributed by atoms with Crippen LogP contribution in [0.2, 0.25) is 0 Å². The van der Waals surface area contributed by atoms with Crippen LogP contribution in [-0.2, 0) is 6.42 Å². The summed E-state index contributed by atoms with van der Waals surface area (Å²) in [5, 5.41) is 7.58. The van der Waals surface area contributed by atoms with Crippen molar-refractivity contribution in [3.8, 4) is 5.75 Å². The molecule has 0 aliphatic carbocycles. The molecule has 0 unspecified atom stereocenters. The van der Waals surface area contributed by atoms with Gasteiger partial charge >= 0.3 is 5.97 Å². The highest BCUT2D eigenvalue weighted by molar-refractivity contribution is 5.95. The van der Waals surface area contributed by atoms with E-state index in [1.54, 1.807) is 36.4 Å². The van der Waals surface area contributed by atoms with Gasteiger partial charge in [-0.15, -0.1) is 0 Å². The van der Waals surface area contributed by atoms with Crippen molar-refractivity contribution in [2.75, 3.05) is 0 Å². The number of nitrogen functional groups attached to an aromatic ring is 1. The van der Waals surface area contributed by atoms with Crippen molar-refractivity contribution in [1.82, 2.24) is 0 Å². The van der Waals surface area contributed by atoms with Gasteiger partial charge in [0.15, 0.2) is 0 Å². The summed E-state index contributed by atoms with van der Waals surface area (Å²) in [6.45, 7) is 6.32. The minimum atomic E-state index is -0.392. The second kappa shape index (κ2) is 6.65. The van der Waals surface area contributed by atoms with E-state index < -0.39 is 5.97 Å². The van der Waals surface area contributed by atoms with Crippen LogP contribution in [0.15, 0.2) is 48.5 Å². The molecule has 0 saturated carbocycles. The number of amidine groups is 1. The Kier molecular flexibility index (Phi) is 4.84. The number of ether oxygens (including phenoxy) is 1. The third-order valence-electron chi connectivity index (χ3n) is 3.30. The quantitative estimate of drug-likeness (QED) is 0.390. The number of hydrogen-bond acceptors (Lipinski definition) is 3. The van der Waals surface area contributed by atoms with Crippen LogP contribution in [0.3, 0.4) is 0 Å². The van der Waals surface area contributed by atoms with Gasteiger partial charge in [-0.1, -0.05) is 39.0 Å². The van der Waals surface area contributed by atoms with Crippen LogP contribution >= 0.6 is 0 Å². The third-order valence-corrected chi connectivity index (χ3v) is 3.30. The van der Waals surface area contributed by atoms with Gasteiger partial charge in [0, 0.05) is 5.56 Å². The Labute approximate surface area is 136 Å². The summed E-state index contributed by atoms with van der Waals surface area (Å²) in [4.78, 5) is 12.3. The first kappa shape index (κ1) is 16.7. The lowest BCUT2D eigenvalue weighted by atomic mass is 9.87. The number of nitrogens with one attached hydrogen (secondary N) is 1. The van der Waals surface area contributed by atoms with Crippen molar-refractivity contribution in [1.29, 1.82) is 5.41 Å². The smallest absolute Gasteiger partial charge is 0.343 e. The Morgan fingerprint density at radius 1 is 1.09 bits per heavy atom. The first-order valence-electron chi connectivity index (χ1n) is 7.51. The molecule has 2 aromatic carbocycles. The van der Waals surface area contributed by atoms with Crippen LogP contribution in [0.5, 0.6) is 5.75 Å². The maximum atomic E-state index is 12.3. The standard InChI is InChI=1S/C19H22N2O2/c1-19(2,3)12-15-11-14(17(20)21)9-10-16(15)23-18(22)13-7-5-4-6-8-13/h4-11H,12H2,1-3H3,(H3,20,21). The first-order chi connectivity index (χ1) is 10.8. The maximum absolute atomic E-state index is 12.3. The number of hydrogen-bond donors (Lipinski definition) is 2. The lowest BCUT2D eigenvalue weighted by Crippen LogP contribution is -2.16. The van der Waals surface area contributed by atoms with Gasteiger partial charge in [-0.25, -0.2) is 4.79 Å². The summed E-state index contributed by atoms with van der Waals surface area (Å²) in [6, 6.07) is 14.1. The zero-order chi connectivity index (χ0) is 17.0. The highest BCUT2D eigenvalue weighted by Gasteiger charge is 2.18. The van der Waals surface area contributed by atoms with Gasteiger partial charge in [-0.2, -0.15) is 0 Å². The molecule has 0 aliphatic rings. The fraction of sp³-hybridized carbons (Fsp3) is 0.263. The number of carbonyl (C=O) groups excluding carboxylic acids is 1. The van der Waals surface area contributed by atoms with E-state index in [1.165, 1.54) is 0 Å². The van der Waals surface area contributed by atoms with Crippen LogP contribution < -0.4 is 10.5 Å². The molecule has 2 aromatic rings. The van der Waals surface area contributed by atoms with E-state index in [1.807, 2.05) is 12.1 Å². The van der Waals surface area contributed by atoms with E-state index >= 15 is 0 Å². The minimum absolute atomic E-state index is 0.00101. The van der Waals surface area contributed by atoms with Crippen molar-refractivity contribution in [2.45, 2.75) is 27.2 Å². The Balaban J connectivity index is 2.33. The average Bonchev–Trinajstić information content (AvgIpc) is 2.48. The Morgan fingerprint density at radius 2 is 1.74 bits per heavy atom. The first-order valence-corrected chi connectivity index (χ1v) is 7.51. The summed E-state index contributed by atoms with van der Waals surface area (Å²) >= 11 is 0. The Morgan fingerprint density at radius 3 is 2.30 bits per heavy atom. The SMILES string of the molecule is CC(C)(C)Cc1cc(C(=N)N)ccc1OC(=O)c1ccccc1. The Bertz CT molecular complexity index is 716. The second-order valence-corrected chi connectivity index (χ2v) is 6.73. The molecule has 0 aromatic heterocycles. The van der Waals surface area contributed by atoms with E-state index in [9.17, 15) is 4.79 Å². The van der Waals surface area contributed by atoms with Crippen molar-refractivity contribution < 1.29 is 9.53 Å². The molecule has 0 heterocycles. The zero-order valence-corrected chi connectivity index (χ0v) is 13.7. The van der Waals surface area contributed by atoms with Crippen LogP contribution in [0.25, 0.3) is 0 Å². The lowest BCUT2D eigenvalue weighted by Gasteiger charge is -2.20. The average molecular weight is 310 g/mol. The molecule has 2 rings (SSSR count). The molecule has 0 amide bonds. The molecule has 4 nitrogen and oxygen atoms in total. The number of esters is 1. The molecule has 4 heteroatoms. The number of rotatable bonds is 4. The molecule has 3 N–H and O–H groups in total. The molecular formula is C19H22N2O2. The summed E-state index contributed by atoms with van der Waals surface area (Å²) in [5.74, 6) is 0.121. The Hall–Kier alpha value is -2.62. The molecule has 23 heavy (non-hydrogen) atoms. The molecular weight excluding hydrogens is 288 g/mol. The van der Waals surface area contributed by atoms with E-state index in [0.29, 0.717) is 23.3 Å². The molecule has 0 atom stereocenters. The van der Waals surface area contributed by atoms with Crippen LogP contribution in [0, 0.1) is 10.8 Å². The van der Waals surface area contributed by atoms with Gasteiger partial charge in [0.1, 0.15) is 11.6 Å². The highest BCUT2D eigenvalue weighted by Crippen LogP contribution is 2.29. The van der Waals surface area contributed by atoms with Crippen LogP contribution in [0.1, 0.15) is 42.3 Å². The normalized spacial score (nSPS) is 11.1. The summed E-state index contributed by atoms with van der Waals surface area (Å²) < 4.78 is 5.56. The third kappa shape index (κ3) is 4.68. The van der Waals surface area contributed by atoms with Gasteiger partial charge in [0.05, 0.1) is 5.56 Å². The topological polar surface area (TPSA) is 76.2 Å². The van der Waals surface area contributed by atoms with Gasteiger partial charge in [-0.05, 0) is 47.7 Å². The van der Waals surface area contributed by atoms with Crippen LogP contribution in [0.4, 0.5) is 0 Å². The molecule has 0 saturated heterocycles. The van der Waals surface area contributed by atoms with Gasteiger partial charge in [-0.3, -0.25) is 5.41 Å². The molecule has 0 bridgehead atoms. The van der Waals surface area contributed by atoms with Gasteiger partial charge < -0.3 is 10.5 Å². The van der Waals surface area contributed by atoms with Crippen molar-refractivity contribution in [3.05, 3.63) is 65.2 Å².